The van der Waals surface area contributed by atoms with Crippen molar-refractivity contribution in [3.8, 4) is 0 Å². The van der Waals surface area contributed by atoms with Crippen molar-refractivity contribution in [1.29, 1.82) is 0 Å². The van der Waals surface area contributed by atoms with Gasteiger partial charge in [-0.05, 0) is 210 Å². The van der Waals surface area contributed by atoms with E-state index in [0.717, 1.165) is 55.1 Å². The normalized spacial score (nSPS) is 48.5. The fraction of sp³-hybridized carbons (Fsp3) is 1.00. The molecule has 5 N–H and O–H groups in total. The summed E-state index contributed by atoms with van der Waals surface area (Å²) >= 11 is 0. The highest BCUT2D eigenvalue weighted by Crippen LogP contribution is 2.62. The summed E-state index contributed by atoms with van der Waals surface area (Å²) in [4.78, 5) is 6.52. The molecule has 15 atom stereocenters. The van der Waals surface area contributed by atoms with Crippen molar-refractivity contribution in [3.05, 3.63) is 0 Å². The molecule has 0 aromatic heterocycles. The summed E-state index contributed by atoms with van der Waals surface area (Å²) in [5, 5.41) is 32.9. The first kappa shape index (κ1) is 44.0. The Morgan fingerprint density at radius 2 is 0.653 bits per heavy atom. The molecule has 0 radical (unpaired) electrons. The molecule has 10 heteroatoms. The number of halogens is 3. The van der Waals surface area contributed by atoms with Gasteiger partial charge in [0.05, 0.1) is 16.8 Å². The first-order valence-electron chi connectivity index (χ1n) is 19.4. The third-order valence-corrected chi connectivity index (χ3v) is 15.6. The Kier molecular flexibility index (Phi) is 14.8. The minimum atomic E-state index is -0.348. The second kappa shape index (κ2) is 16.5. The van der Waals surface area contributed by atoms with Crippen molar-refractivity contribution >= 4 is 37.2 Å². The van der Waals surface area contributed by atoms with Gasteiger partial charge in [-0.25, -0.2) is 0 Å². The maximum absolute atomic E-state index is 11.0. The second-order valence-electron chi connectivity index (χ2n) is 19.3. The van der Waals surface area contributed by atoms with Crippen LogP contribution in [-0.2, 0) is 0 Å². The molecule has 9 aliphatic carbocycles. The summed E-state index contributed by atoms with van der Waals surface area (Å²) in [7, 11) is 12.5. The van der Waals surface area contributed by atoms with Gasteiger partial charge >= 0.3 is 0 Å². The average Bonchev–Trinajstić information content (AvgIpc) is 3.43. The number of nitrogens with zero attached hydrogens (tertiary/aromatic N) is 3. The van der Waals surface area contributed by atoms with E-state index in [1.807, 2.05) is 0 Å². The summed E-state index contributed by atoms with van der Waals surface area (Å²) < 4.78 is 0. The van der Waals surface area contributed by atoms with E-state index < -0.39 is 0 Å². The third kappa shape index (κ3) is 8.03. The number of likely N-dealkylation sites (N-methyl/N-ethyl adjacent to an activating group) is 3. The molecule has 7 nitrogen and oxygen atoms in total. The van der Waals surface area contributed by atoms with Crippen LogP contribution in [0, 0.1) is 71.0 Å². The van der Waals surface area contributed by atoms with E-state index in [4.69, 9.17) is 0 Å². The van der Waals surface area contributed by atoms with Crippen molar-refractivity contribution in [2.75, 3.05) is 61.9 Å². The SMILES string of the molecule is CN(C)CC1(O)C2CCC3CC(C2)CC31.CN(C)CC1(O)C2CCC3CC(C2)CC31.CN(C)CC1(O)C2CCC3CC(C2)CC31.Cl.Cl.Cl.O. The van der Waals surface area contributed by atoms with E-state index in [0.29, 0.717) is 35.5 Å². The number of hydrogen-bond donors (Lipinski definition) is 3. The molecule has 15 unspecified atom stereocenters. The van der Waals surface area contributed by atoms with Gasteiger partial charge < -0.3 is 35.5 Å². The Balaban J connectivity index is 0.000000191. The highest BCUT2D eigenvalue weighted by atomic mass is 35.5. The zero-order valence-corrected chi connectivity index (χ0v) is 34.0. The lowest BCUT2D eigenvalue weighted by Gasteiger charge is -2.50. The van der Waals surface area contributed by atoms with Crippen LogP contribution in [0.15, 0.2) is 0 Å². The summed E-state index contributed by atoms with van der Waals surface area (Å²) in [5.74, 6) is 9.07. The molecule has 9 bridgehead atoms. The largest absolute Gasteiger partial charge is 0.412 e. The van der Waals surface area contributed by atoms with E-state index in [1.165, 1.54) is 96.3 Å². The number of hydrogen-bond acceptors (Lipinski definition) is 6. The van der Waals surface area contributed by atoms with Crippen LogP contribution < -0.4 is 0 Å². The van der Waals surface area contributed by atoms with Crippen LogP contribution in [0.4, 0.5) is 0 Å². The maximum Gasteiger partial charge on any atom is 0.0832 e. The zero-order chi connectivity index (χ0) is 31.9. The van der Waals surface area contributed by atoms with Gasteiger partial charge in [0, 0.05) is 19.6 Å². The van der Waals surface area contributed by atoms with Crippen LogP contribution in [0.25, 0.3) is 0 Å². The predicted molar refractivity (Wildman–Crippen MR) is 207 cm³/mol. The van der Waals surface area contributed by atoms with Gasteiger partial charge in [-0.15, -0.1) is 37.2 Å². The molecule has 0 amide bonds. The average molecular weight is 755 g/mol. The Hall–Kier alpha value is 0.590. The maximum atomic E-state index is 11.0. The quantitative estimate of drug-likeness (QED) is 0.325. The summed E-state index contributed by atoms with van der Waals surface area (Å²) in [6.45, 7) is 2.64. The minimum absolute atomic E-state index is 0. The molecule has 49 heavy (non-hydrogen) atoms. The van der Waals surface area contributed by atoms with Crippen LogP contribution in [-0.4, -0.2) is 114 Å². The molecular formula is C39H74Cl3N3O4. The van der Waals surface area contributed by atoms with Gasteiger partial charge in [-0.3, -0.25) is 0 Å². The van der Waals surface area contributed by atoms with Crippen LogP contribution in [0.1, 0.15) is 96.3 Å². The summed E-state index contributed by atoms with van der Waals surface area (Å²) in [6, 6.07) is 0. The lowest BCUT2D eigenvalue weighted by molar-refractivity contribution is -0.134. The van der Waals surface area contributed by atoms with Crippen LogP contribution in [0.5, 0.6) is 0 Å². The molecule has 0 spiro atoms. The molecule has 9 rings (SSSR count). The molecular weight excluding hydrogens is 681 g/mol. The van der Waals surface area contributed by atoms with E-state index in [-0.39, 0.29) is 59.5 Å². The van der Waals surface area contributed by atoms with E-state index in [2.05, 4.69) is 57.0 Å². The van der Waals surface area contributed by atoms with Crippen molar-refractivity contribution < 1.29 is 20.8 Å². The van der Waals surface area contributed by atoms with E-state index >= 15 is 0 Å². The van der Waals surface area contributed by atoms with Gasteiger partial charge in [-0.2, -0.15) is 0 Å². The number of fused-ring (bicyclic) bond motifs is 6. The topological polar surface area (TPSA) is 102 Å². The summed E-state index contributed by atoms with van der Waals surface area (Å²) in [5.41, 5.74) is -1.04. The lowest BCUT2D eigenvalue weighted by atomic mass is 9.61. The van der Waals surface area contributed by atoms with Gasteiger partial charge in [0.2, 0.25) is 0 Å². The molecule has 0 aromatic carbocycles. The Bertz CT molecular complexity index is 944. The fourth-order valence-electron chi connectivity index (χ4n) is 14.4. The lowest BCUT2D eigenvalue weighted by Crippen LogP contribution is -2.57. The van der Waals surface area contributed by atoms with Crippen LogP contribution in [0.2, 0.25) is 0 Å². The second-order valence-corrected chi connectivity index (χ2v) is 19.3. The van der Waals surface area contributed by atoms with Crippen molar-refractivity contribution in [2.24, 2.45) is 71.0 Å². The molecule has 9 fully saturated rings. The molecule has 290 valence electrons. The summed E-state index contributed by atoms with van der Waals surface area (Å²) in [6.07, 6.45) is 20.1. The third-order valence-electron chi connectivity index (χ3n) is 15.6. The predicted octanol–water partition coefficient (Wildman–Crippen LogP) is 5.65. The van der Waals surface area contributed by atoms with Crippen molar-refractivity contribution in [2.45, 2.75) is 113 Å². The highest BCUT2D eigenvalue weighted by molar-refractivity contribution is 5.86. The van der Waals surface area contributed by atoms with Crippen molar-refractivity contribution in [3.63, 3.8) is 0 Å². The highest BCUT2D eigenvalue weighted by Gasteiger charge is 2.60. The molecule has 0 saturated heterocycles. The van der Waals surface area contributed by atoms with Crippen LogP contribution in [0.3, 0.4) is 0 Å². The van der Waals surface area contributed by atoms with E-state index in [9.17, 15) is 15.3 Å². The van der Waals surface area contributed by atoms with Gasteiger partial charge in [0.1, 0.15) is 0 Å². The molecule has 9 saturated carbocycles. The first-order chi connectivity index (χ1) is 21.3. The zero-order valence-electron chi connectivity index (χ0n) is 31.6. The first-order valence-corrected chi connectivity index (χ1v) is 19.4. The fourth-order valence-corrected chi connectivity index (χ4v) is 14.4. The minimum Gasteiger partial charge on any atom is -0.412 e. The Morgan fingerprint density at radius 3 is 0.878 bits per heavy atom. The number of rotatable bonds is 6. The Labute approximate surface area is 317 Å². The molecule has 0 aliphatic heterocycles. The number of aliphatic hydroxyl groups is 3. The van der Waals surface area contributed by atoms with Gasteiger partial charge in [0.15, 0.2) is 0 Å². The molecule has 9 aliphatic rings. The smallest absolute Gasteiger partial charge is 0.0832 e. The molecule has 0 heterocycles. The van der Waals surface area contributed by atoms with Gasteiger partial charge in [-0.1, -0.05) is 0 Å². The van der Waals surface area contributed by atoms with Crippen molar-refractivity contribution in [1.82, 2.24) is 14.7 Å². The van der Waals surface area contributed by atoms with Gasteiger partial charge in [0.25, 0.3) is 0 Å². The Morgan fingerprint density at radius 1 is 0.408 bits per heavy atom. The standard InChI is InChI=1S/3C13H23NO.3ClH.H2O/c3*1-14(2)8-13(15)11-4-3-10-5-9(6-11)7-12(10)13;;;;/h3*9-12,15H,3-8H2,1-2H3;3*1H;1H2. The molecule has 0 aromatic rings. The van der Waals surface area contributed by atoms with E-state index in [1.54, 1.807) is 0 Å². The monoisotopic (exact) mass is 753 g/mol. The van der Waals surface area contributed by atoms with Crippen LogP contribution >= 0.6 is 37.2 Å².